The van der Waals surface area contributed by atoms with Crippen molar-refractivity contribution in [3.63, 3.8) is 0 Å². The zero-order valence-electron chi connectivity index (χ0n) is 9.92. The Labute approximate surface area is 99.7 Å². The summed E-state index contributed by atoms with van der Waals surface area (Å²) in [7, 11) is 0. The van der Waals surface area contributed by atoms with Gasteiger partial charge in [-0.05, 0) is 5.92 Å². The molecule has 0 aromatic carbocycles. The molecule has 0 amide bonds. The van der Waals surface area contributed by atoms with Crippen LogP contribution in [0.2, 0.25) is 0 Å². The Morgan fingerprint density at radius 1 is 1.53 bits per heavy atom. The molecule has 6 nitrogen and oxygen atoms in total. The Morgan fingerprint density at radius 2 is 2.24 bits per heavy atom. The van der Waals surface area contributed by atoms with E-state index in [4.69, 9.17) is 10.2 Å². The largest absolute Gasteiger partial charge is 0.478 e. The van der Waals surface area contributed by atoms with Crippen LogP contribution in [0.3, 0.4) is 0 Å². The molecule has 94 valence electrons. The first-order valence-electron chi connectivity index (χ1n) is 5.42. The number of aromatic carboxylic acids is 1. The van der Waals surface area contributed by atoms with Crippen LogP contribution in [0.4, 0.5) is 0 Å². The fourth-order valence-corrected chi connectivity index (χ4v) is 1.41. The fourth-order valence-electron chi connectivity index (χ4n) is 1.41. The molecule has 0 bridgehead atoms. The molecule has 0 spiro atoms. The van der Waals surface area contributed by atoms with Gasteiger partial charge in [0.15, 0.2) is 0 Å². The summed E-state index contributed by atoms with van der Waals surface area (Å²) in [4.78, 5) is 18.5. The lowest BCUT2D eigenvalue weighted by Gasteiger charge is -2.19. The minimum Gasteiger partial charge on any atom is -0.478 e. The summed E-state index contributed by atoms with van der Waals surface area (Å²) in [6.45, 7) is 4.26. The molecule has 0 aliphatic rings. The molecule has 3 N–H and O–H groups in total. The van der Waals surface area contributed by atoms with Gasteiger partial charge in [0.25, 0.3) is 0 Å². The number of rotatable bonds is 6. The Balaban J connectivity index is 2.72. The number of carboxylic acids is 1. The summed E-state index contributed by atoms with van der Waals surface area (Å²) < 4.78 is 0. The molecule has 0 radical (unpaired) electrons. The molecule has 1 aromatic rings. The number of carboxylic acid groups (broad SMARTS) is 1. The van der Waals surface area contributed by atoms with Crippen LogP contribution < -0.4 is 5.32 Å². The highest BCUT2D eigenvalue weighted by Gasteiger charge is 2.15. The van der Waals surface area contributed by atoms with Gasteiger partial charge in [0.05, 0.1) is 12.3 Å². The molecule has 17 heavy (non-hydrogen) atoms. The van der Waals surface area contributed by atoms with Gasteiger partial charge in [0.2, 0.25) is 0 Å². The highest BCUT2D eigenvalue weighted by atomic mass is 16.4. The normalized spacial score (nSPS) is 12.7. The fraction of sp³-hybridized carbons (Fsp3) is 0.545. The monoisotopic (exact) mass is 239 g/mol. The van der Waals surface area contributed by atoms with E-state index in [0.717, 1.165) is 0 Å². The third-order valence-corrected chi connectivity index (χ3v) is 2.56. The number of hydrogen-bond acceptors (Lipinski definition) is 5. The van der Waals surface area contributed by atoms with Gasteiger partial charge in [-0.25, -0.2) is 14.8 Å². The van der Waals surface area contributed by atoms with Crippen molar-refractivity contribution in [1.82, 2.24) is 15.3 Å². The van der Waals surface area contributed by atoms with E-state index in [1.807, 2.05) is 13.8 Å². The first-order chi connectivity index (χ1) is 8.06. The molecule has 1 aromatic heterocycles. The summed E-state index contributed by atoms with van der Waals surface area (Å²) in [5.41, 5.74) is 0.507. The Kier molecular flexibility index (Phi) is 4.99. The predicted octanol–water partition coefficient (Wildman–Crippen LogP) is 0.281. The van der Waals surface area contributed by atoms with Gasteiger partial charge >= 0.3 is 5.97 Å². The van der Waals surface area contributed by atoms with Crippen molar-refractivity contribution in [2.24, 2.45) is 5.92 Å². The van der Waals surface area contributed by atoms with E-state index in [0.29, 0.717) is 12.2 Å². The van der Waals surface area contributed by atoms with E-state index in [9.17, 15) is 4.79 Å². The molecular weight excluding hydrogens is 222 g/mol. The smallest absolute Gasteiger partial charge is 0.339 e. The Morgan fingerprint density at radius 3 is 2.76 bits per heavy atom. The van der Waals surface area contributed by atoms with Crippen LogP contribution in [0.25, 0.3) is 0 Å². The number of hydrogen-bond donors (Lipinski definition) is 3. The third kappa shape index (κ3) is 3.76. The number of carbonyl (C=O) groups is 1. The number of aliphatic hydroxyl groups is 1. The van der Waals surface area contributed by atoms with E-state index in [2.05, 4.69) is 15.3 Å². The number of nitrogens with zero attached hydrogens (tertiary/aromatic N) is 2. The van der Waals surface area contributed by atoms with Gasteiger partial charge in [-0.15, -0.1) is 0 Å². The van der Waals surface area contributed by atoms with Crippen LogP contribution in [0, 0.1) is 5.92 Å². The van der Waals surface area contributed by atoms with Crippen molar-refractivity contribution in [2.75, 3.05) is 6.61 Å². The average molecular weight is 239 g/mol. The minimum atomic E-state index is -1.05. The van der Waals surface area contributed by atoms with Crippen molar-refractivity contribution in [2.45, 2.75) is 26.4 Å². The number of aliphatic hydroxyl groups excluding tert-OH is 1. The lowest BCUT2D eigenvalue weighted by Crippen LogP contribution is -2.37. The van der Waals surface area contributed by atoms with Crippen molar-refractivity contribution in [1.29, 1.82) is 0 Å². The summed E-state index contributed by atoms with van der Waals surface area (Å²) in [5.74, 6) is -0.789. The minimum absolute atomic E-state index is 0.00511. The van der Waals surface area contributed by atoms with Crippen molar-refractivity contribution < 1.29 is 15.0 Å². The van der Waals surface area contributed by atoms with E-state index >= 15 is 0 Å². The van der Waals surface area contributed by atoms with Gasteiger partial charge in [0.1, 0.15) is 11.9 Å². The maximum Gasteiger partial charge on any atom is 0.339 e. The van der Waals surface area contributed by atoms with Gasteiger partial charge in [0, 0.05) is 18.8 Å². The Bertz CT molecular complexity index is 382. The van der Waals surface area contributed by atoms with E-state index in [1.165, 1.54) is 12.5 Å². The topological polar surface area (TPSA) is 95.3 Å². The third-order valence-electron chi connectivity index (χ3n) is 2.56. The SMILES string of the molecule is CC(C)C(CO)NCc1ncncc1C(=O)O. The molecular formula is C11H17N3O3. The highest BCUT2D eigenvalue weighted by Crippen LogP contribution is 2.06. The molecule has 0 saturated carbocycles. The van der Waals surface area contributed by atoms with E-state index in [1.54, 1.807) is 0 Å². The van der Waals surface area contributed by atoms with E-state index < -0.39 is 5.97 Å². The van der Waals surface area contributed by atoms with Gasteiger partial charge in [-0.2, -0.15) is 0 Å². The lowest BCUT2D eigenvalue weighted by atomic mass is 10.1. The molecule has 1 rings (SSSR count). The van der Waals surface area contributed by atoms with Crippen LogP contribution in [-0.4, -0.2) is 38.8 Å². The van der Waals surface area contributed by atoms with Gasteiger partial charge in [-0.3, -0.25) is 0 Å². The first-order valence-corrected chi connectivity index (χ1v) is 5.42. The standard InChI is InChI=1S/C11H17N3O3/c1-7(2)10(5-15)13-4-9-8(11(16)17)3-12-6-14-9/h3,6-7,10,13,15H,4-5H2,1-2H3,(H,16,17). The number of nitrogens with one attached hydrogen (secondary N) is 1. The van der Waals surface area contributed by atoms with Crippen molar-refractivity contribution in [3.8, 4) is 0 Å². The maximum atomic E-state index is 10.9. The zero-order chi connectivity index (χ0) is 12.8. The van der Waals surface area contributed by atoms with Gasteiger partial charge < -0.3 is 15.5 Å². The molecule has 1 atom stereocenters. The summed E-state index contributed by atoms with van der Waals surface area (Å²) in [6, 6.07) is -0.0772. The molecule has 0 aliphatic carbocycles. The van der Waals surface area contributed by atoms with Crippen LogP contribution in [-0.2, 0) is 6.54 Å². The average Bonchev–Trinajstić information content (AvgIpc) is 2.29. The number of aromatic nitrogens is 2. The molecule has 0 aliphatic heterocycles. The van der Waals surface area contributed by atoms with E-state index in [-0.39, 0.29) is 24.1 Å². The molecule has 0 saturated heterocycles. The van der Waals surface area contributed by atoms with Crippen LogP contribution in [0.1, 0.15) is 29.9 Å². The van der Waals surface area contributed by atoms with Crippen LogP contribution in [0.15, 0.2) is 12.5 Å². The van der Waals surface area contributed by atoms with Crippen LogP contribution in [0.5, 0.6) is 0 Å². The molecule has 1 heterocycles. The predicted molar refractivity (Wildman–Crippen MR) is 61.5 cm³/mol. The van der Waals surface area contributed by atoms with Crippen LogP contribution >= 0.6 is 0 Å². The van der Waals surface area contributed by atoms with Gasteiger partial charge in [-0.1, -0.05) is 13.8 Å². The zero-order valence-corrected chi connectivity index (χ0v) is 9.92. The Hall–Kier alpha value is -1.53. The van der Waals surface area contributed by atoms with Crippen molar-refractivity contribution in [3.05, 3.63) is 23.8 Å². The molecule has 6 heteroatoms. The highest BCUT2D eigenvalue weighted by molar-refractivity contribution is 5.88. The second-order valence-electron chi connectivity index (χ2n) is 4.10. The quantitative estimate of drug-likeness (QED) is 0.660. The summed E-state index contributed by atoms with van der Waals surface area (Å²) in [5, 5.41) is 21.2. The molecule has 1 unspecified atom stereocenters. The van der Waals surface area contributed by atoms with Crippen molar-refractivity contribution >= 4 is 5.97 Å². The molecule has 0 fully saturated rings. The summed E-state index contributed by atoms with van der Waals surface area (Å²) in [6.07, 6.45) is 2.59. The second-order valence-corrected chi connectivity index (χ2v) is 4.10. The first kappa shape index (κ1) is 13.5. The maximum absolute atomic E-state index is 10.9. The second kappa shape index (κ2) is 6.27. The summed E-state index contributed by atoms with van der Waals surface area (Å²) >= 11 is 0. The lowest BCUT2D eigenvalue weighted by molar-refractivity contribution is 0.0694.